The summed E-state index contributed by atoms with van der Waals surface area (Å²) in [6.07, 6.45) is 0. The molecule has 3 heterocycles. The summed E-state index contributed by atoms with van der Waals surface area (Å²) >= 11 is 0. The van der Waals surface area contributed by atoms with Crippen LogP contribution < -0.4 is 20.6 Å². The lowest BCUT2D eigenvalue weighted by atomic mass is 9.42. The van der Waals surface area contributed by atoms with E-state index in [-0.39, 0.29) is 17.7 Å². The van der Waals surface area contributed by atoms with Gasteiger partial charge in [-0.05, 0) is 96.0 Å². The molecule has 260 valence electrons. The Bertz CT molecular complexity index is 2960. The van der Waals surface area contributed by atoms with Crippen LogP contribution in [0.1, 0.15) is 49.9 Å². The lowest BCUT2D eigenvalue weighted by Crippen LogP contribution is -2.62. The second kappa shape index (κ2) is 10.7. The maximum Gasteiger partial charge on any atom is 0.333 e. The molecule has 0 N–H and O–H groups in total. The fraction of sp³-hybridized carbons (Fsp3) is 0.115. The molecule has 0 bridgehead atoms. The first-order valence-corrected chi connectivity index (χ1v) is 19.6. The highest BCUT2D eigenvalue weighted by molar-refractivity contribution is 6.94. The van der Waals surface area contributed by atoms with E-state index in [1.54, 1.807) is 0 Å². The van der Waals surface area contributed by atoms with Gasteiger partial charge in [0.15, 0.2) is 0 Å². The minimum absolute atomic E-state index is 0.0635. The van der Waals surface area contributed by atoms with E-state index in [4.69, 9.17) is 0 Å². The highest BCUT2D eigenvalue weighted by Crippen LogP contribution is 2.58. The summed E-state index contributed by atoms with van der Waals surface area (Å²) < 4.78 is 0. The third-order valence-corrected chi connectivity index (χ3v) is 13.4. The first kappa shape index (κ1) is 31.1. The molecule has 0 atom stereocenters. The third kappa shape index (κ3) is 3.90. The largest absolute Gasteiger partial charge is 0.376 e. The van der Waals surface area contributed by atoms with Gasteiger partial charge in [-0.15, -0.1) is 0 Å². The maximum atomic E-state index is 2.75. The van der Waals surface area contributed by atoms with Crippen molar-refractivity contribution < 1.29 is 0 Å². The molecule has 3 aliphatic heterocycles. The summed E-state index contributed by atoms with van der Waals surface area (Å²) in [5, 5.41) is 2.57. The Kier molecular flexibility index (Phi) is 6.03. The van der Waals surface area contributed by atoms with E-state index >= 15 is 0 Å². The first-order chi connectivity index (χ1) is 26.8. The van der Waals surface area contributed by atoms with Crippen molar-refractivity contribution in [2.45, 2.75) is 38.5 Å². The van der Waals surface area contributed by atoms with E-state index in [1.165, 1.54) is 106 Å². The highest BCUT2D eigenvalue weighted by Gasteiger charge is 2.51. The second-order valence-electron chi connectivity index (χ2n) is 16.9. The molecule has 4 aliphatic rings. The van der Waals surface area contributed by atoms with Gasteiger partial charge in [0.1, 0.15) is 0 Å². The van der Waals surface area contributed by atoms with Crippen LogP contribution in [0.4, 0.5) is 28.4 Å². The van der Waals surface area contributed by atoms with Crippen LogP contribution in [0.25, 0.3) is 44.2 Å². The lowest BCUT2D eigenvalue weighted by Gasteiger charge is -2.51. The normalized spacial score (nSPS) is 15.8. The SMILES string of the molecule is CC1(C)c2ccccc2N2c3cc4ccccc4c4c3B(c3cccc1c32)N(c1cccc2c1C(C)(C)c1ccccc1-2)c1cc(-c2ccccc2)ccc1-4. The minimum Gasteiger partial charge on any atom is -0.376 e. The number of para-hydroxylation sites is 2. The Morgan fingerprint density at radius 2 is 1.15 bits per heavy atom. The Balaban J connectivity index is 1.26. The molecule has 3 heteroatoms. The molecule has 12 rings (SSSR count). The molecule has 0 unspecified atom stereocenters. The molecule has 0 radical (unpaired) electrons. The molecule has 1 aliphatic carbocycles. The number of benzene rings is 8. The quantitative estimate of drug-likeness (QED) is 0.166. The van der Waals surface area contributed by atoms with Crippen LogP contribution in [0.2, 0.25) is 0 Å². The van der Waals surface area contributed by atoms with E-state index < -0.39 is 0 Å². The van der Waals surface area contributed by atoms with Crippen LogP contribution in [0.15, 0.2) is 164 Å². The van der Waals surface area contributed by atoms with Gasteiger partial charge < -0.3 is 9.71 Å². The minimum atomic E-state index is -0.191. The van der Waals surface area contributed by atoms with Gasteiger partial charge in [-0.25, -0.2) is 0 Å². The lowest BCUT2D eigenvalue weighted by molar-refractivity contribution is 0.632. The predicted molar refractivity (Wildman–Crippen MR) is 233 cm³/mol. The number of fused-ring (bicyclic) bond motifs is 11. The zero-order valence-electron chi connectivity index (χ0n) is 31.6. The van der Waals surface area contributed by atoms with Crippen molar-refractivity contribution >= 4 is 57.0 Å². The van der Waals surface area contributed by atoms with Gasteiger partial charge in [-0.3, -0.25) is 0 Å². The standard InChI is InChI=1S/C52H39BN2/c1-51(2)40-23-12-13-26-43(40)54-46-31-34-18-8-9-19-35(34)47-38-29-28-33(32-16-6-5-7-17-32)30-45(38)55(53(49(46)47)42-25-15-24-41(51)50(42)54)44-27-14-21-37-36-20-10-11-22-39(36)52(3,4)48(37)44/h5-31H,1-4H3. The molecule has 0 saturated carbocycles. The molecule has 2 nitrogen and oxygen atoms in total. The molecule has 0 spiro atoms. The molecule has 0 aromatic heterocycles. The van der Waals surface area contributed by atoms with Crippen LogP contribution >= 0.6 is 0 Å². The molecule has 0 amide bonds. The summed E-state index contributed by atoms with van der Waals surface area (Å²) in [4.78, 5) is 5.36. The Morgan fingerprint density at radius 3 is 2.02 bits per heavy atom. The molecule has 0 fully saturated rings. The van der Waals surface area contributed by atoms with Crippen molar-refractivity contribution in [3.63, 3.8) is 0 Å². The van der Waals surface area contributed by atoms with Crippen molar-refractivity contribution in [3.05, 3.63) is 186 Å². The van der Waals surface area contributed by atoms with Crippen molar-refractivity contribution in [1.82, 2.24) is 0 Å². The molecule has 0 saturated heterocycles. The van der Waals surface area contributed by atoms with Crippen LogP contribution in [-0.4, -0.2) is 6.85 Å². The van der Waals surface area contributed by atoms with Crippen molar-refractivity contribution in [2.75, 3.05) is 9.71 Å². The zero-order valence-corrected chi connectivity index (χ0v) is 31.6. The monoisotopic (exact) mass is 702 g/mol. The summed E-state index contributed by atoms with van der Waals surface area (Å²) in [5.41, 5.74) is 22.1. The number of rotatable bonds is 2. The molecular weight excluding hydrogens is 663 g/mol. The topological polar surface area (TPSA) is 6.48 Å². The average Bonchev–Trinajstić information content (AvgIpc) is 3.46. The first-order valence-electron chi connectivity index (χ1n) is 19.6. The summed E-state index contributed by atoms with van der Waals surface area (Å²) in [6.45, 7) is 9.59. The van der Waals surface area contributed by atoms with E-state index in [2.05, 4.69) is 201 Å². The Hall–Kier alpha value is -6.32. The van der Waals surface area contributed by atoms with E-state index in [0.717, 1.165) is 0 Å². The van der Waals surface area contributed by atoms with Crippen LogP contribution in [0.5, 0.6) is 0 Å². The fourth-order valence-corrected chi connectivity index (χ4v) is 11.0. The fourth-order valence-electron chi connectivity index (χ4n) is 11.0. The summed E-state index contributed by atoms with van der Waals surface area (Å²) in [5.74, 6) is 0. The van der Waals surface area contributed by atoms with E-state index in [0.29, 0.717) is 0 Å². The number of hydrogen-bond donors (Lipinski definition) is 0. The maximum absolute atomic E-state index is 2.75. The van der Waals surface area contributed by atoms with Crippen LogP contribution in [0.3, 0.4) is 0 Å². The molecule has 8 aromatic carbocycles. The smallest absolute Gasteiger partial charge is 0.333 e. The van der Waals surface area contributed by atoms with Crippen LogP contribution in [0, 0.1) is 0 Å². The average molecular weight is 703 g/mol. The number of hydrogen-bond acceptors (Lipinski definition) is 2. The van der Waals surface area contributed by atoms with Gasteiger partial charge in [0.25, 0.3) is 0 Å². The van der Waals surface area contributed by atoms with E-state index in [1.807, 2.05) is 0 Å². The Labute approximate surface area is 323 Å². The van der Waals surface area contributed by atoms with Gasteiger partial charge in [0.05, 0.1) is 5.69 Å². The molecule has 8 aromatic rings. The number of anilines is 5. The Morgan fingerprint density at radius 1 is 0.455 bits per heavy atom. The van der Waals surface area contributed by atoms with Crippen molar-refractivity contribution in [1.29, 1.82) is 0 Å². The van der Waals surface area contributed by atoms with Crippen molar-refractivity contribution in [3.8, 4) is 33.4 Å². The highest BCUT2D eigenvalue weighted by atomic mass is 15.2. The predicted octanol–water partition coefficient (Wildman–Crippen LogP) is 12.2. The zero-order chi connectivity index (χ0) is 36.8. The third-order valence-electron chi connectivity index (χ3n) is 13.4. The van der Waals surface area contributed by atoms with Gasteiger partial charge in [-0.1, -0.05) is 167 Å². The summed E-state index contributed by atoms with van der Waals surface area (Å²) in [6, 6.07) is 61.9. The van der Waals surface area contributed by atoms with Gasteiger partial charge >= 0.3 is 6.85 Å². The molecule has 55 heavy (non-hydrogen) atoms. The van der Waals surface area contributed by atoms with Gasteiger partial charge in [-0.2, -0.15) is 0 Å². The molecular formula is C52H39BN2. The van der Waals surface area contributed by atoms with Crippen molar-refractivity contribution in [2.24, 2.45) is 0 Å². The summed E-state index contributed by atoms with van der Waals surface area (Å²) in [7, 11) is 0. The number of nitrogens with zero attached hydrogens (tertiary/aromatic N) is 2. The second-order valence-corrected chi connectivity index (χ2v) is 16.9. The van der Waals surface area contributed by atoms with Gasteiger partial charge in [0, 0.05) is 39.1 Å². The van der Waals surface area contributed by atoms with Crippen LogP contribution in [-0.2, 0) is 10.8 Å². The van der Waals surface area contributed by atoms with E-state index in [9.17, 15) is 0 Å². The van der Waals surface area contributed by atoms with Gasteiger partial charge in [0.2, 0.25) is 0 Å².